The summed E-state index contributed by atoms with van der Waals surface area (Å²) in [4.78, 5) is 13.3. The second-order valence-corrected chi connectivity index (χ2v) is 7.98. The summed E-state index contributed by atoms with van der Waals surface area (Å²) in [7, 11) is -3.48. The van der Waals surface area contributed by atoms with Gasteiger partial charge >= 0.3 is 0 Å². The summed E-state index contributed by atoms with van der Waals surface area (Å²) in [6.07, 6.45) is 0. The minimum absolute atomic E-state index is 0.249. The highest BCUT2D eigenvalue weighted by Crippen LogP contribution is 2.21. The predicted octanol–water partition coefficient (Wildman–Crippen LogP) is 2.77. The Bertz CT molecular complexity index is 621. The van der Waals surface area contributed by atoms with E-state index in [1.54, 1.807) is 17.5 Å². The smallest absolute Gasteiger partial charge is 0.195 e. The topological polar surface area (TPSA) is 51.2 Å². The predicted molar refractivity (Wildman–Crippen MR) is 69.8 cm³/mol. The number of hydrogen-bond acceptors (Lipinski definition) is 5. The fraction of sp³-hybridized carbons (Fsp3) is 0.182. The third-order valence-corrected chi connectivity index (χ3v) is 6.28. The number of hydrogen-bond donors (Lipinski definition) is 0. The van der Waals surface area contributed by atoms with Crippen LogP contribution in [0, 0.1) is 6.92 Å². The van der Waals surface area contributed by atoms with Gasteiger partial charge in [-0.3, -0.25) is 4.79 Å². The Hall–Kier alpha value is -0.980. The molecule has 0 aliphatic carbocycles. The van der Waals surface area contributed by atoms with Crippen LogP contribution in [0.15, 0.2) is 33.9 Å². The number of carbonyl (C=O) groups excluding carboxylic acids is 1. The first kappa shape index (κ1) is 12.5. The van der Waals surface area contributed by atoms with Crippen molar-refractivity contribution in [1.82, 2.24) is 0 Å². The molecule has 0 aliphatic rings. The van der Waals surface area contributed by atoms with E-state index >= 15 is 0 Å². The quantitative estimate of drug-likeness (QED) is 0.812. The maximum Gasteiger partial charge on any atom is 0.195 e. The molecule has 0 saturated carbocycles. The first-order valence-corrected chi connectivity index (χ1v) is 8.20. The molecule has 0 radical (unpaired) electrons. The molecule has 0 aliphatic heterocycles. The summed E-state index contributed by atoms with van der Waals surface area (Å²) in [6.45, 7) is 1.88. The van der Waals surface area contributed by atoms with Crippen LogP contribution < -0.4 is 0 Å². The lowest BCUT2D eigenvalue weighted by Crippen LogP contribution is -2.14. The van der Waals surface area contributed by atoms with Gasteiger partial charge in [-0.1, -0.05) is 6.07 Å². The van der Waals surface area contributed by atoms with E-state index in [-0.39, 0.29) is 9.99 Å². The van der Waals surface area contributed by atoms with E-state index in [0.717, 1.165) is 16.2 Å². The number of aryl methyl sites for hydroxylation is 1. The van der Waals surface area contributed by atoms with Crippen molar-refractivity contribution >= 4 is 38.3 Å². The molecule has 2 heterocycles. The van der Waals surface area contributed by atoms with E-state index in [0.29, 0.717) is 4.88 Å². The SMILES string of the molecule is Cc1ccc(C(=O)CS(=O)(=O)c2cccs2)s1. The zero-order valence-electron chi connectivity index (χ0n) is 9.04. The van der Waals surface area contributed by atoms with Crippen molar-refractivity contribution in [2.24, 2.45) is 0 Å². The molecule has 0 bridgehead atoms. The second kappa shape index (κ2) is 4.72. The van der Waals surface area contributed by atoms with Crippen molar-refractivity contribution in [3.63, 3.8) is 0 Å². The van der Waals surface area contributed by atoms with Gasteiger partial charge in [0.25, 0.3) is 0 Å². The van der Waals surface area contributed by atoms with Crippen LogP contribution in [-0.2, 0) is 9.84 Å². The molecule has 2 aromatic rings. The number of Topliss-reactive ketones (excluding diaryl/α,β-unsaturated/α-hetero) is 1. The molecule has 0 aromatic carbocycles. The maximum absolute atomic E-state index is 11.9. The summed E-state index contributed by atoms with van der Waals surface area (Å²) >= 11 is 2.46. The summed E-state index contributed by atoms with van der Waals surface area (Å²) in [5.41, 5.74) is 0. The van der Waals surface area contributed by atoms with Crippen molar-refractivity contribution in [3.05, 3.63) is 39.4 Å². The fourth-order valence-corrected chi connectivity index (χ4v) is 4.54. The van der Waals surface area contributed by atoms with E-state index in [1.165, 1.54) is 17.4 Å². The monoisotopic (exact) mass is 286 g/mol. The average Bonchev–Trinajstić information content (AvgIpc) is 2.86. The van der Waals surface area contributed by atoms with E-state index in [1.807, 2.05) is 13.0 Å². The highest BCUT2D eigenvalue weighted by Gasteiger charge is 2.21. The molecule has 6 heteroatoms. The molecule has 3 nitrogen and oxygen atoms in total. The van der Waals surface area contributed by atoms with Crippen LogP contribution in [0.25, 0.3) is 0 Å². The molecule has 0 fully saturated rings. The molecule has 17 heavy (non-hydrogen) atoms. The van der Waals surface area contributed by atoms with Crippen molar-refractivity contribution in [1.29, 1.82) is 0 Å². The third kappa shape index (κ3) is 2.83. The van der Waals surface area contributed by atoms with Gasteiger partial charge in [0.15, 0.2) is 15.6 Å². The molecular weight excluding hydrogens is 276 g/mol. The van der Waals surface area contributed by atoms with Crippen molar-refractivity contribution in [2.45, 2.75) is 11.1 Å². The van der Waals surface area contributed by atoms with Gasteiger partial charge in [-0.2, -0.15) is 0 Å². The van der Waals surface area contributed by atoms with Gasteiger partial charge in [-0.15, -0.1) is 22.7 Å². The van der Waals surface area contributed by atoms with Gasteiger partial charge in [-0.25, -0.2) is 8.42 Å². The molecule has 2 rings (SSSR count). The molecule has 2 aromatic heterocycles. The van der Waals surface area contributed by atoms with Crippen LogP contribution in [0.1, 0.15) is 14.5 Å². The zero-order chi connectivity index (χ0) is 12.5. The number of ketones is 1. The maximum atomic E-state index is 11.9. The highest BCUT2D eigenvalue weighted by molar-refractivity contribution is 7.94. The van der Waals surface area contributed by atoms with E-state index in [2.05, 4.69) is 0 Å². The van der Waals surface area contributed by atoms with Crippen LogP contribution in [-0.4, -0.2) is 20.0 Å². The normalized spacial score (nSPS) is 11.6. The summed E-state index contributed by atoms with van der Waals surface area (Å²) < 4.78 is 24.0. The van der Waals surface area contributed by atoms with Gasteiger partial charge in [0.05, 0.1) is 4.88 Å². The van der Waals surface area contributed by atoms with Gasteiger partial charge in [0.1, 0.15) is 9.96 Å². The van der Waals surface area contributed by atoms with Crippen LogP contribution in [0.5, 0.6) is 0 Å². The lowest BCUT2D eigenvalue weighted by molar-refractivity contribution is 0.102. The van der Waals surface area contributed by atoms with Crippen molar-refractivity contribution in [2.75, 3.05) is 5.75 Å². The Morgan fingerprint density at radius 3 is 2.59 bits per heavy atom. The molecular formula is C11H10O3S3. The van der Waals surface area contributed by atoms with Crippen LogP contribution in [0.4, 0.5) is 0 Å². The zero-order valence-corrected chi connectivity index (χ0v) is 11.5. The van der Waals surface area contributed by atoms with E-state index in [9.17, 15) is 13.2 Å². The Morgan fingerprint density at radius 1 is 1.29 bits per heavy atom. The van der Waals surface area contributed by atoms with E-state index in [4.69, 9.17) is 0 Å². The second-order valence-electron chi connectivity index (χ2n) is 3.52. The van der Waals surface area contributed by atoms with E-state index < -0.39 is 15.6 Å². The Kier molecular flexibility index (Phi) is 3.46. The minimum atomic E-state index is -3.48. The first-order valence-electron chi connectivity index (χ1n) is 4.85. The number of rotatable bonds is 4. The van der Waals surface area contributed by atoms with Crippen LogP contribution in [0.2, 0.25) is 0 Å². The molecule has 0 unspecified atom stereocenters. The molecule has 0 amide bonds. The lowest BCUT2D eigenvalue weighted by Gasteiger charge is -1.99. The minimum Gasteiger partial charge on any atom is -0.292 e. The fourth-order valence-electron chi connectivity index (χ4n) is 1.34. The highest BCUT2D eigenvalue weighted by atomic mass is 32.2. The molecule has 0 spiro atoms. The third-order valence-electron chi connectivity index (χ3n) is 2.14. The number of carbonyl (C=O) groups is 1. The molecule has 0 N–H and O–H groups in total. The van der Waals surface area contributed by atoms with Gasteiger partial charge in [0, 0.05) is 4.88 Å². The van der Waals surface area contributed by atoms with Gasteiger partial charge in [-0.05, 0) is 30.5 Å². The number of thiophene rings is 2. The largest absolute Gasteiger partial charge is 0.292 e. The number of sulfone groups is 1. The van der Waals surface area contributed by atoms with Gasteiger partial charge in [0.2, 0.25) is 0 Å². The Labute approximate surface area is 108 Å². The first-order chi connectivity index (χ1) is 7.99. The standard InChI is InChI=1S/C11H10O3S3/c1-8-4-5-10(16-8)9(12)7-17(13,14)11-3-2-6-15-11/h2-6H,7H2,1H3. The lowest BCUT2D eigenvalue weighted by atomic mass is 10.3. The Balaban J connectivity index is 2.20. The summed E-state index contributed by atoms with van der Waals surface area (Å²) in [5, 5.41) is 1.69. The average molecular weight is 286 g/mol. The van der Waals surface area contributed by atoms with Crippen LogP contribution in [0.3, 0.4) is 0 Å². The summed E-state index contributed by atoms with van der Waals surface area (Å²) in [5.74, 6) is -0.787. The molecule has 0 saturated heterocycles. The van der Waals surface area contributed by atoms with Crippen molar-refractivity contribution < 1.29 is 13.2 Å². The molecule has 90 valence electrons. The molecule has 0 atom stereocenters. The summed E-state index contributed by atoms with van der Waals surface area (Å²) in [6, 6.07) is 6.67. The van der Waals surface area contributed by atoms with Crippen LogP contribution >= 0.6 is 22.7 Å². The Morgan fingerprint density at radius 2 is 2.06 bits per heavy atom. The van der Waals surface area contributed by atoms with Gasteiger partial charge < -0.3 is 0 Å². The van der Waals surface area contributed by atoms with Crippen molar-refractivity contribution in [3.8, 4) is 0 Å².